The van der Waals surface area contributed by atoms with Gasteiger partial charge in [0.25, 0.3) is 5.91 Å². The Labute approximate surface area is 170 Å². The number of carbonyl (C=O) groups is 2. The number of amides is 1. The van der Waals surface area contributed by atoms with E-state index in [1.165, 1.54) is 11.8 Å². The number of ether oxygens (including phenoxy) is 1. The number of aromatic nitrogens is 4. The van der Waals surface area contributed by atoms with Crippen molar-refractivity contribution in [2.45, 2.75) is 0 Å². The summed E-state index contributed by atoms with van der Waals surface area (Å²) in [5.41, 5.74) is 2.65. The van der Waals surface area contributed by atoms with Gasteiger partial charge in [-0.3, -0.25) is 4.79 Å². The SMILES string of the molecule is COC(=O)c1ccccc1NC(=O)c1ccc(-n2nnc3cccnc32)cc1Cl. The van der Waals surface area contributed by atoms with Crippen LogP contribution in [-0.4, -0.2) is 39.0 Å². The number of fused-ring (bicyclic) bond motifs is 1. The van der Waals surface area contributed by atoms with Gasteiger partial charge in [-0.2, -0.15) is 4.68 Å². The van der Waals surface area contributed by atoms with Crippen LogP contribution < -0.4 is 5.32 Å². The molecule has 144 valence electrons. The zero-order valence-corrected chi connectivity index (χ0v) is 15.9. The number of methoxy groups -OCH3 is 1. The molecule has 2 aromatic heterocycles. The number of benzene rings is 2. The largest absolute Gasteiger partial charge is 0.465 e. The van der Waals surface area contributed by atoms with Crippen LogP contribution in [0.5, 0.6) is 0 Å². The third-order valence-electron chi connectivity index (χ3n) is 4.23. The van der Waals surface area contributed by atoms with Crippen LogP contribution in [0.25, 0.3) is 16.9 Å². The molecule has 0 bridgehead atoms. The van der Waals surface area contributed by atoms with E-state index in [-0.39, 0.29) is 16.1 Å². The highest BCUT2D eigenvalue weighted by Crippen LogP contribution is 2.24. The average Bonchev–Trinajstić information content (AvgIpc) is 3.17. The van der Waals surface area contributed by atoms with Crippen molar-refractivity contribution in [1.29, 1.82) is 0 Å². The Kier molecular flexibility index (Phi) is 4.92. The summed E-state index contributed by atoms with van der Waals surface area (Å²) in [7, 11) is 1.28. The molecule has 2 aromatic carbocycles. The van der Waals surface area contributed by atoms with Gasteiger partial charge in [0.1, 0.15) is 5.52 Å². The molecule has 0 radical (unpaired) electrons. The third kappa shape index (κ3) is 3.53. The Hall–Kier alpha value is -3.78. The van der Waals surface area contributed by atoms with Crippen LogP contribution in [0.1, 0.15) is 20.7 Å². The molecule has 0 unspecified atom stereocenters. The van der Waals surface area contributed by atoms with Gasteiger partial charge in [0.15, 0.2) is 5.65 Å². The fourth-order valence-corrected chi connectivity index (χ4v) is 3.09. The molecule has 0 aliphatic carbocycles. The highest BCUT2D eigenvalue weighted by Gasteiger charge is 2.17. The molecule has 4 rings (SSSR count). The minimum atomic E-state index is -0.548. The molecule has 29 heavy (non-hydrogen) atoms. The van der Waals surface area contributed by atoms with E-state index in [1.54, 1.807) is 60.8 Å². The lowest BCUT2D eigenvalue weighted by atomic mass is 10.1. The molecule has 1 amide bonds. The van der Waals surface area contributed by atoms with E-state index in [2.05, 4.69) is 20.6 Å². The number of nitrogens with zero attached hydrogens (tertiary/aromatic N) is 4. The van der Waals surface area contributed by atoms with E-state index >= 15 is 0 Å². The molecule has 9 heteroatoms. The molecule has 0 fully saturated rings. The molecule has 0 spiro atoms. The topological polar surface area (TPSA) is 99.0 Å². The molecule has 0 saturated heterocycles. The zero-order valence-electron chi connectivity index (χ0n) is 15.2. The van der Waals surface area contributed by atoms with Crippen molar-refractivity contribution in [3.8, 4) is 5.69 Å². The van der Waals surface area contributed by atoms with Crippen molar-refractivity contribution in [2.24, 2.45) is 0 Å². The van der Waals surface area contributed by atoms with E-state index in [1.807, 2.05) is 0 Å². The number of rotatable bonds is 4. The second-order valence-electron chi connectivity index (χ2n) is 6.00. The number of esters is 1. The molecule has 0 atom stereocenters. The number of anilines is 1. The molecule has 2 heterocycles. The summed E-state index contributed by atoms with van der Waals surface area (Å²) in [4.78, 5) is 28.9. The Morgan fingerprint density at radius 3 is 2.69 bits per heavy atom. The zero-order chi connectivity index (χ0) is 20.4. The number of pyridine rings is 1. The second kappa shape index (κ2) is 7.69. The van der Waals surface area contributed by atoms with E-state index in [9.17, 15) is 9.59 Å². The number of hydrogen-bond donors (Lipinski definition) is 1. The molecular formula is C20H14ClN5O3. The Morgan fingerprint density at radius 2 is 1.90 bits per heavy atom. The maximum Gasteiger partial charge on any atom is 0.339 e. The van der Waals surface area contributed by atoms with Gasteiger partial charge >= 0.3 is 5.97 Å². The summed E-state index contributed by atoms with van der Waals surface area (Å²) < 4.78 is 6.28. The molecule has 0 aliphatic heterocycles. The fourth-order valence-electron chi connectivity index (χ4n) is 2.83. The van der Waals surface area contributed by atoms with Gasteiger partial charge in [0.05, 0.1) is 34.6 Å². The van der Waals surface area contributed by atoms with Crippen LogP contribution in [0.4, 0.5) is 5.69 Å². The Bertz CT molecular complexity index is 1240. The van der Waals surface area contributed by atoms with Crippen LogP contribution in [-0.2, 0) is 4.74 Å². The van der Waals surface area contributed by atoms with Crippen molar-refractivity contribution in [3.63, 3.8) is 0 Å². The number of halogens is 1. The maximum absolute atomic E-state index is 12.7. The van der Waals surface area contributed by atoms with Crippen molar-refractivity contribution in [1.82, 2.24) is 20.0 Å². The van der Waals surface area contributed by atoms with Crippen LogP contribution in [0.15, 0.2) is 60.8 Å². The van der Waals surface area contributed by atoms with Gasteiger partial charge < -0.3 is 10.1 Å². The first-order chi connectivity index (χ1) is 14.1. The predicted molar refractivity (Wildman–Crippen MR) is 107 cm³/mol. The summed E-state index contributed by atoms with van der Waals surface area (Å²) in [6.45, 7) is 0. The van der Waals surface area contributed by atoms with E-state index in [4.69, 9.17) is 16.3 Å². The van der Waals surface area contributed by atoms with Crippen molar-refractivity contribution >= 4 is 40.3 Å². The van der Waals surface area contributed by atoms with E-state index < -0.39 is 11.9 Å². The Balaban J connectivity index is 1.64. The van der Waals surface area contributed by atoms with E-state index in [0.717, 1.165) is 0 Å². The average molecular weight is 408 g/mol. The summed E-state index contributed by atoms with van der Waals surface area (Å²) >= 11 is 6.35. The van der Waals surface area contributed by atoms with Gasteiger partial charge in [0.2, 0.25) is 0 Å². The molecular weight excluding hydrogens is 394 g/mol. The van der Waals surface area contributed by atoms with Gasteiger partial charge in [-0.1, -0.05) is 28.9 Å². The first-order valence-corrected chi connectivity index (χ1v) is 8.91. The maximum atomic E-state index is 12.7. The molecule has 0 saturated carbocycles. The Morgan fingerprint density at radius 1 is 1.07 bits per heavy atom. The lowest BCUT2D eigenvalue weighted by Gasteiger charge is -2.11. The number of para-hydroxylation sites is 1. The van der Waals surface area contributed by atoms with E-state index in [0.29, 0.717) is 22.5 Å². The van der Waals surface area contributed by atoms with Crippen molar-refractivity contribution in [3.05, 3.63) is 76.9 Å². The van der Waals surface area contributed by atoms with Gasteiger partial charge in [0, 0.05) is 6.20 Å². The highest BCUT2D eigenvalue weighted by atomic mass is 35.5. The van der Waals surface area contributed by atoms with Crippen molar-refractivity contribution < 1.29 is 14.3 Å². The first kappa shape index (κ1) is 18.6. The molecule has 1 N–H and O–H groups in total. The standard InChI is InChI=1S/C20H14ClN5O3/c1-29-20(28)14-5-2-3-6-16(14)23-19(27)13-9-8-12(11-15(13)21)26-18-17(24-25-26)7-4-10-22-18/h2-11H,1H3,(H,23,27). The first-order valence-electron chi connectivity index (χ1n) is 8.53. The molecule has 4 aromatic rings. The van der Waals surface area contributed by atoms with Crippen LogP contribution in [0.2, 0.25) is 5.02 Å². The number of carbonyl (C=O) groups excluding carboxylic acids is 2. The summed E-state index contributed by atoms with van der Waals surface area (Å²) in [5, 5.41) is 11.1. The molecule has 8 nitrogen and oxygen atoms in total. The third-order valence-corrected chi connectivity index (χ3v) is 4.54. The highest BCUT2D eigenvalue weighted by molar-refractivity contribution is 6.34. The summed E-state index contributed by atoms with van der Waals surface area (Å²) in [5.74, 6) is -1.01. The number of hydrogen-bond acceptors (Lipinski definition) is 6. The van der Waals surface area contributed by atoms with Crippen LogP contribution in [0, 0.1) is 0 Å². The van der Waals surface area contributed by atoms with Crippen molar-refractivity contribution in [2.75, 3.05) is 12.4 Å². The van der Waals surface area contributed by atoms with Gasteiger partial charge in [-0.05, 0) is 42.5 Å². The minimum Gasteiger partial charge on any atom is -0.465 e. The van der Waals surface area contributed by atoms with Gasteiger partial charge in [-0.25, -0.2) is 9.78 Å². The predicted octanol–water partition coefficient (Wildman–Crippen LogP) is 3.51. The number of nitrogens with one attached hydrogen (secondary N) is 1. The second-order valence-corrected chi connectivity index (χ2v) is 6.41. The van der Waals surface area contributed by atoms with Gasteiger partial charge in [-0.15, -0.1) is 5.10 Å². The quantitative estimate of drug-likeness (QED) is 0.520. The van der Waals surface area contributed by atoms with Crippen LogP contribution in [0.3, 0.4) is 0 Å². The lowest BCUT2D eigenvalue weighted by molar-refractivity contribution is 0.0602. The lowest BCUT2D eigenvalue weighted by Crippen LogP contribution is -2.16. The fraction of sp³-hybridized carbons (Fsp3) is 0.0500. The normalized spacial score (nSPS) is 10.7. The smallest absolute Gasteiger partial charge is 0.339 e. The minimum absolute atomic E-state index is 0.218. The monoisotopic (exact) mass is 407 g/mol. The molecule has 0 aliphatic rings. The van der Waals surface area contributed by atoms with Crippen LogP contribution >= 0.6 is 11.6 Å². The summed E-state index contributed by atoms with van der Waals surface area (Å²) in [6, 6.07) is 15.0. The summed E-state index contributed by atoms with van der Waals surface area (Å²) in [6.07, 6.45) is 1.64.